The normalized spacial score (nSPS) is 14.7. The van der Waals surface area contributed by atoms with Gasteiger partial charge >= 0.3 is 6.03 Å². The topological polar surface area (TPSA) is 129 Å². The number of ketones is 1. The second-order valence-electron chi connectivity index (χ2n) is 8.65. The molecular formula is C25H26N6O5. The van der Waals surface area contributed by atoms with Gasteiger partial charge in [-0.15, -0.1) is 0 Å². The van der Waals surface area contributed by atoms with E-state index in [2.05, 4.69) is 20.9 Å². The summed E-state index contributed by atoms with van der Waals surface area (Å²) in [6, 6.07) is 11.9. The summed E-state index contributed by atoms with van der Waals surface area (Å²) in [5.41, 5.74) is 6.60. The van der Waals surface area contributed by atoms with E-state index in [-0.39, 0.29) is 18.3 Å². The van der Waals surface area contributed by atoms with E-state index >= 15 is 0 Å². The number of benzene rings is 2. The fourth-order valence-corrected chi connectivity index (χ4v) is 4.15. The maximum absolute atomic E-state index is 13.5. The van der Waals surface area contributed by atoms with Gasteiger partial charge in [-0.25, -0.2) is 9.80 Å². The summed E-state index contributed by atoms with van der Waals surface area (Å²) < 4.78 is 10.8. The molecule has 36 heavy (non-hydrogen) atoms. The van der Waals surface area contributed by atoms with Crippen LogP contribution in [0, 0.1) is 0 Å². The maximum Gasteiger partial charge on any atom is 0.333 e. The van der Waals surface area contributed by atoms with Crippen LogP contribution in [-0.2, 0) is 9.53 Å². The molecule has 2 heterocycles. The number of carbonyl (C=O) groups excluding carboxylic acids is 3. The molecule has 3 amide bonds. The first kappa shape index (κ1) is 23.5. The van der Waals surface area contributed by atoms with Crippen LogP contribution in [0.3, 0.4) is 0 Å². The lowest BCUT2D eigenvalue weighted by Crippen LogP contribution is -2.49. The molecule has 0 atom stereocenters. The molecule has 3 N–H and O–H groups in total. The number of likely N-dealkylation sites (N-methyl/N-ethyl adjacent to an activating group) is 1. The summed E-state index contributed by atoms with van der Waals surface area (Å²) in [5.74, 6) is 0.173. The first-order valence-electron chi connectivity index (χ1n) is 11.5. The number of fused-ring (bicyclic) bond motifs is 3. The molecule has 2 aromatic carbocycles. The quantitative estimate of drug-likeness (QED) is 0.378. The van der Waals surface area contributed by atoms with Crippen molar-refractivity contribution in [3.63, 3.8) is 0 Å². The predicted molar refractivity (Wildman–Crippen MR) is 132 cm³/mol. The number of nitrogens with one attached hydrogen (secondary N) is 3. The summed E-state index contributed by atoms with van der Waals surface area (Å²) in [6.45, 7) is 2.21. The highest BCUT2D eigenvalue weighted by Gasteiger charge is 2.35. The van der Waals surface area contributed by atoms with Crippen LogP contribution >= 0.6 is 0 Å². The number of anilines is 1. The molecule has 1 aliphatic carbocycles. The van der Waals surface area contributed by atoms with Crippen LogP contribution in [0.2, 0.25) is 0 Å². The number of hydrazine groups is 1. The molecule has 186 valence electrons. The van der Waals surface area contributed by atoms with Crippen molar-refractivity contribution in [3.05, 3.63) is 53.6 Å². The van der Waals surface area contributed by atoms with Gasteiger partial charge in [-0.1, -0.05) is 12.1 Å². The molecule has 1 aliphatic heterocycles. The Morgan fingerprint density at radius 3 is 2.58 bits per heavy atom. The van der Waals surface area contributed by atoms with Gasteiger partial charge in [-0.2, -0.15) is 5.10 Å². The zero-order chi connectivity index (χ0) is 25.2. The van der Waals surface area contributed by atoms with Gasteiger partial charge in [-0.3, -0.25) is 20.1 Å². The van der Waals surface area contributed by atoms with Gasteiger partial charge in [0.2, 0.25) is 0 Å². The highest BCUT2D eigenvalue weighted by atomic mass is 16.5. The number of hydrogen-bond donors (Lipinski definition) is 3. The maximum atomic E-state index is 13.5. The fraction of sp³-hybridized carbons (Fsp3) is 0.280. The van der Waals surface area contributed by atoms with Crippen LogP contribution in [0.5, 0.6) is 5.75 Å². The highest BCUT2D eigenvalue weighted by molar-refractivity contribution is 6.26. The number of carbonyl (C=O) groups is 3. The van der Waals surface area contributed by atoms with E-state index in [9.17, 15) is 14.4 Å². The smallest absolute Gasteiger partial charge is 0.333 e. The molecule has 1 fully saturated rings. The van der Waals surface area contributed by atoms with Gasteiger partial charge in [0.15, 0.2) is 12.4 Å². The number of nitrogens with zero attached hydrogens (tertiary/aromatic N) is 3. The lowest BCUT2D eigenvalue weighted by atomic mass is 10.0. The Balaban J connectivity index is 1.34. The second-order valence-corrected chi connectivity index (χ2v) is 8.65. The minimum Gasteiger partial charge on any atom is -0.484 e. The van der Waals surface area contributed by atoms with Crippen LogP contribution in [0.1, 0.15) is 15.9 Å². The molecule has 2 aliphatic rings. The molecule has 1 aromatic heterocycles. The van der Waals surface area contributed by atoms with Crippen molar-refractivity contribution >= 4 is 23.4 Å². The second kappa shape index (κ2) is 9.80. The van der Waals surface area contributed by atoms with Gasteiger partial charge in [0, 0.05) is 38.3 Å². The zero-order valence-corrected chi connectivity index (χ0v) is 20.0. The number of H-pyrrole nitrogens is 1. The van der Waals surface area contributed by atoms with Crippen molar-refractivity contribution in [1.29, 1.82) is 0 Å². The largest absolute Gasteiger partial charge is 0.484 e. The number of hydrogen-bond acceptors (Lipinski definition) is 7. The average Bonchev–Trinajstić information content (AvgIpc) is 3.43. The Bertz CT molecular complexity index is 1310. The predicted octanol–water partition coefficient (Wildman–Crippen LogP) is 2.12. The standard InChI is InChI=1S/C25H26N6O5/c1-30(2)19(32)14-36-16-8-6-15(7-9-16)22-21-23(28-27-22)17-4-3-5-18(20(17)24(21)33)26-25(34)29-31-10-12-35-13-11-31/h3-9H,10-14H2,1-2H3,(H,27,28)(H2,26,29,34). The molecule has 11 nitrogen and oxygen atoms in total. The monoisotopic (exact) mass is 490 g/mol. The summed E-state index contributed by atoms with van der Waals surface area (Å²) in [7, 11) is 3.33. The van der Waals surface area contributed by atoms with Gasteiger partial charge in [0.05, 0.1) is 35.7 Å². The van der Waals surface area contributed by atoms with E-state index in [4.69, 9.17) is 9.47 Å². The number of ether oxygens (including phenoxy) is 2. The Morgan fingerprint density at radius 1 is 1.11 bits per heavy atom. The molecule has 0 unspecified atom stereocenters. The molecule has 0 bridgehead atoms. The van der Waals surface area contributed by atoms with E-state index in [0.717, 1.165) is 5.56 Å². The minimum absolute atomic E-state index is 0.0627. The third-order valence-electron chi connectivity index (χ3n) is 6.06. The fourth-order valence-electron chi connectivity index (χ4n) is 4.15. The van der Waals surface area contributed by atoms with E-state index < -0.39 is 6.03 Å². The number of aromatic nitrogens is 2. The zero-order valence-electron chi connectivity index (χ0n) is 20.0. The molecular weight excluding hydrogens is 464 g/mol. The van der Waals surface area contributed by atoms with Crippen LogP contribution in [-0.4, -0.2) is 84.8 Å². The van der Waals surface area contributed by atoms with E-state index in [0.29, 0.717) is 65.8 Å². The number of amides is 3. The highest BCUT2D eigenvalue weighted by Crippen LogP contribution is 2.43. The first-order chi connectivity index (χ1) is 17.4. The van der Waals surface area contributed by atoms with Crippen molar-refractivity contribution in [2.75, 3.05) is 52.3 Å². The lowest BCUT2D eigenvalue weighted by molar-refractivity contribution is -0.130. The molecule has 0 radical (unpaired) electrons. The Hall–Kier alpha value is -4.22. The third-order valence-corrected chi connectivity index (χ3v) is 6.06. The molecule has 1 saturated heterocycles. The Kier molecular flexibility index (Phi) is 6.40. The van der Waals surface area contributed by atoms with E-state index in [1.54, 1.807) is 55.5 Å². The Morgan fingerprint density at radius 2 is 1.86 bits per heavy atom. The molecule has 0 spiro atoms. The van der Waals surface area contributed by atoms with Gasteiger partial charge in [0.1, 0.15) is 11.4 Å². The molecule has 11 heteroatoms. The van der Waals surface area contributed by atoms with Crippen LogP contribution < -0.4 is 15.5 Å². The average molecular weight is 491 g/mol. The van der Waals surface area contributed by atoms with Crippen molar-refractivity contribution in [3.8, 4) is 28.3 Å². The number of urea groups is 1. The van der Waals surface area contributed by atoms with Gasteiger partial charge < -0.3 is 19.7 Å². The summed E-state index contributed by atoms with van der Waals surface area (Å²) in [5, 5.41) is 12.0. The first-order valence-corrected chi connectivity index (χ1v) is 11.5. The molecule has 3 aromatic rings. The SMILES string of the molecule is CN(C)C(=O)COc1ccc(-c2n[nH]c3c2C(=O)c2c(NC(=O)NN4CCOCC4)cccc2-3)cc1. The van der Waals surface area contributed by atoms with Crippen LogP contribution in [0.15, 0.2) is 42.5 Å². The van der Waals surface area contributed by atoms with E-state index in [1.807, 2.05) is 6.07 Å². The van der Waals surface area contributed by atoms with Gasteiger partial charge in [-0.05, 0) is 30.3 Å². The van der Waals surface area contributed by atoms with E-state index in [1.165, 1.54) is 4.90 Å². The number of morpholine rings is 1. The van der Waals surface area contributed by atoms with Gasteiger partial charge in [0.25, 0.3) is 5.91 Å². The number of aromatic amines is 1. The Labute approximate surface area is 207 Å². The van der Waals surface area contributed by atoms with Crippen LogP contribution in [0.25, 0.3) is 22.5 Å². The molecule has 0 saturated carbocycles. The van der Waals surface area contributed by atoms with Crippen molar-refractivity contribution in [2.24, 2.45) is 0 Å². The van der Waals surface area contributed by atoms with Crippen molar-refractivity contribution in [2.45, 2.75) is 0 Å². The molecule has 5 rings (SSSR count). The lowest BCUT2D eigenvalue weighted by Gasteiger charge is -2.27. The third kappa shape index (κ3) is 4.53. The van der Waals surface area contributed by atoms with Crippen molar-refractivity contribution in [1.82, 2.24) is 25.5 Å². The minimum atomic E-state index is -0.421. The summed E-state index contributed by atoms with van der Waals surface area (Å²) >= 11 is 0. The number of rotatable bonds is 6. The van der Waals surface area contributed by atoms with Crippen molar-refractivity contribution < 1.29 is 23.9 Å². The summed E-state index contributed by atoms with van der Waals surface area (Å²) in [6.07, 6.45) is 0. The summed E-state index contributed by atoms with van der Waals surface area (Å²) in [4.78, 5) is 39.3. The van der Waals surface area contributed by atoms with Crippen LogP contribution in [0.4, 0.5) is 10.5 Å².